The molecular formula is C8H17N2O5P. The first kappa shape index (κ1) is 15.1. The van der Waals surface area contributed by atoms with Gasteiger partial charge in [-0.25, -0.2) is 0 Å². The number of carbonyl (C=O) groups is 2. The van der Waals surface area contributed by atoms with Crippen molar-refractivity contribution in [3.63, 3.8) is 0 Å². The molecule has 0 radical (unpaired) electrons. The van der Waals surface area contributed by atoms with E-state index in [-0.39, 0.29) is 12.6 Å². The third kappa shape index (κ3) is 5.85. The molecule has 94 valence electrons. The maximum absolute atomic E-state index is 11.3. The Labute approximate surface area is 93.8 Å². The van der Waals surface area contributed by atoms with Crippen molar-refractivity contribution in [1.82, 2.24) is 5.32 Å². The molecule has 0 saturated heterocycles. The molecule has 1 amide bonds. The van der Waals surface area contributed by atoms with Crippen LogP contribution in [0.4, 0.5) is 0 Å². The number of aliphatic hydroxyl groups excluding tert-OH is 1. The number of nitrogens with two attached hydrogens (primary N) is 1. The highest BCUT2D eigenvalue weighted by Gasteiger charge is 2.19. The Balaban J connectivity index is 3.99. The van der Waals surface area contributed by atoms with Gasteiger partial charge < -0.3 is 25.8 Å². The molecule has 16 heavy (non-hydrogen) atoms. The van der Waals surface area contributed by atoms with Crippen molar-refractivity contribution in [1.29, 1.82) is 0 Å². The molecule has 5 N–H and O–H groups in total. The predicted octanol–water partition coefficient (Wildman–Crippen LogP) is -1.20. The summed E-state index contributed by atoms with van der Waals surface area (Å²) in [5.41, 5.74) is 5.46. The minimum absolute atomic E-state index is 0.163. The van der Waals surface area contributed by atoms with E-state index < -0.39 is 38.1 Å². The molecule has 0 fully saturated rings. The maximum atomic E-state index is 11.3. The van der Waals surface area contributed by atoms with Crippen LogP contribution < -0.4 is 11.1 Å². The van der Waals surface area contributed by atoms with Crippen LogP contribution >= 0.6 is 7.80 Å². The molecule has 0 aliphatic rings. The average Bonchev–Trinajstić information content (AvgIpc) is 2.24. The Morgan fingerprint density at radius 1 is 1.50 bits per heavy atom. The van der Waals surface area contributed by atoms with Crippen LogP contribution in [0.1, 0.15) is 13.3 Å². The highest BCUT2D eigenvalue weighted by Crippen LogP contribution is 2.19. The van der Waals surface area contributed by atoms with E-state index >= 15 is 0 Å². The molecule has 7 nitrogen and oxygen atoms in total. The first-order valence-electron chi connectivity index (χ1n) is 4.79. The normalized spacial score (nSPS) is 16.2. The zero-order valence-electron chi connectivity index (χ0n) is 8.97. The summed E-state index contributed by atoms with van der Waals surface area (Å²) in [4.78, 5) is 21.7. The first-order valence-corrected chi connectivity index (χ1v) is 6.62. The van der Waals surface area contributed by atoms with Gasteiger partial charge in [0.05, 0.1) is 12.4 Å². The van der Waals surface area contributed by atoms with E-state index in [2.05, 4.69) is 5.32 Å². The highest BCUT2D eigenvalue weighted by molar-refractivity contribution is 7.44. The second-order valence-corrected chi connectivity index (χ2v) is 5.30. The van der Waals surface area contributed by atoms with Crippen LogP contribution in [0.5, 0.6) is 0 Å². The van der Waals surface area contributed by atoms with Crippen molar-refractivity contribution in [2.75, 3.05) is 12.5 Å². The molecule has 0 aromatic rings. The standard InChI is InChI=1S/C8H17N2O5P/c1-5(8(13)14)10-7(12)6(9)2-3-16(15)4-11/h5-6,11,16H,2-4,9H2,1H3,(H,10,12)(H,13,14)/t5-,6-/m0/s1. The fourth-order valence-corrected chi connectivity index (χ4v) is 1.70. The van der Waals surface area contributed by atoms with Crippen LogP contribution in [0.3, 0.4) is 0 Å². The molecule has 0 bridgehead atoms. The Kier molecular flexibility index (Phi) is 6.96. The van der Waals surface area contributed by atoms with Crippen LogP contribution in [0.15, 0.2) is 0 Å². The van der Waals surface area contributed by atoms with Gasteiger partial charge in [-0.3, -0.25) is 9.59 Å². The van der Waals surface area contributed by atoms with Crippen LogP contribution in [-0.2, 0) is 14.2 Å². The molecule has 0 saturated carbocycles. The number of hydrogen-bond donors (Lipinski definition) is 4. The van der Waals surface area contributed by atoms with Gasteiger partial charge in [0, 0.05) is 6.16 Å². The predicted molar refractivity (Wildman–Crippen MR) is 58.8 cm³/mol. The number of aliphatic carboxylic acids is 1. The number of carbonyl (C=O) groups excluding carboxylic acids is 1. The van der Waals surface area contributed by atoms with Gasteiger partial charge in [0.1, 0.15) is 13.8 Å². The Bertz CT molecular complexity index is 284. The third-order valence-corrected chi connectivity index (χ3v) is 3.18. The molecule has 8 heteroatoms. The lowest BCUT2D eigenvalue weighted by Crippen LogP contribution is -2.47. The Hall–Kier alpha value is -0.910. The molecule has 0 aromatic carbocycles. The monoisotopic (exact) mass is 252 g/mol. The summed E-state index contributed by atoms with van der Waals surface area (Å²) >= 11 is 0. The van der Waals surface area contributed by atoms with Gasteiger partial charge in [0.2, 0.25) is 5.91 Å². The van der Waals surface area contributed by atoms with Crippen molar-refractivity contribution in [2.45, 2.75) is 25.4 Å². The maximum Gasteiger partial charge on any atom is 0.325 e. The summed E-state index contributed by atoms with van der Waals surface area (Å²) in [6.45, 7) is 1.32. The Morgan fingerprint density at radius 3 is 2.50 bits per heavy atom. The van der Waals surface area contributed by atoms with E-state index in [1.54, 1.807) is 0 Å². The van der Waals surface area contributed by atoms with E-state index in [1.807, 2.05) is 0 Å². The fourth-order valence-electron chi connectivity index (χ4n) is 0.909. The van der Waals surface area contributed by atoms with Crippen LogP contribution in [0.25, 0.3) is 0 Å². The number of carboxylic acids is 1. The van der Waals surface area contributed by atoms with E-state index in [4.69, 9.17) is 15.9 Å². The molecule has 0 aliphatic heterocycles. The molecule has 0 aromatic heterocycles. The van der Waals surface area contributed by atoms with Gasteiger partial charge in [-0.15, -0.1) is 0 Å². The zero-order valence-corrected chi connectivity index (χ0v) is 9.97. The molecule has 0 aliphatic carbocycles. The molecule has 0 spiro atoms. The number of hydrogen-bond acceptors (Lipinski definition) is 5. The lowest BCUT2D eigenvalue weighted by molar-refractivity contribution is -0.141. The summed E-state index contributed by atoms with van der Waals surface area (Å²) in [6, 6.07) is -1.91. The minimum atomic E-state index is -2.07. The van der Waals surface area contributed by atoms with E-state index in [1.165, 1.54) is 6.92 Å². The summed E-state index contributed by atoms with van der Waals surface area (Å²) < 4.78 is 10.9. The third-order valence-electron chi connectivity index (χ3n) is 1.98. The van der Waals surface area contributed by atoms with Crippen LogP contribution in [-0.4, -0.2) is 46.7 Å². The summed E-state index contributed by atoms with van der Waals surface area (Å²) in [5.74, 6) is -1.74. The van der Waals surface area contributed by atoms with Gasteiger partial charge in [-0.05, 0) is 13.3 Å². The lowest BCUT2D eigenvalue weighted by Gasteiger charge is -2.14. The number of rotatable bonds is 7. The highest BCUT2D eigenvalue weighted by atomic mass is 31.1. The number of aliphatic hydroxyl groups is 1. The molecule has 1 unspecified atom stereocenters. The van der Waals surface area contributed by atoms with Crippen LogP contribution in [0.2, 0.25) is 0 Å². The summed E-state index contributed by atoms with van der Waals surface area (Å²) in [6.07, 6.45) is -0.0573. The van der Waals surface area contributed by atoms with Crippen molar-refractivity contribution < 1.29 is 24.4 Å². The summed E-state index contributed by atoms with van der Waals surface area (Å²) in [5, 5.41) is 19.3. The second kappa shape index (κ2) is 7.38. The molecule has 0 heterocycles. The largest absolute Gasteiger partial charge is 0.480 e. The molecular weight excluding hydrogens is 235 g/mol. The van der Waals surface area contributed by atoms with E-state index in [0.29, 0.717) is 0 Å². The minimum Gasteiger partial charge on any atom is -0.480 e. The van der Waals surface area contributed by atoms with Gasteiger partial charge in [-0.1, -0.05) is 0 Å². The SMILES string of the molecule is C[C@H](NC(=O)[C@@H](N)CC[PH](=O)CO)C(=O)O. The number of nitrogens with one attached hydrogen (secondary N) is 1. The first-order chi connectivity index (χ1) is 7.38. The van der Waals surface area contributed by atoms with Crippen molar-refractivity contribution in [3.05, 3.63) is 0 Å². The fraction of sp³-hybridized carbons (Fsp3) is 0.750. The Morgan fingerprint density at radius 2 is 2.06 bits per heavy atom. The van der Waals surface area contributed by atoms with E-state index in [0.717, 1.165) is 0 Å². The summed E-state index contributed by atoms with van der Waals surface area (Å²) in [7, 11) is -2.07. The molecule has 0 rings (SSSR count). The van der Waals surface area contributed by atoms with Crippen molar-refractivity contribution >= 4 is 19.7 Å². The average molecular weight is 252 g/mol. The van der Waals surface area contributed by atoms with E-state index in [9.17, 15) is 14.2 Å². The zero-order chi connectivity index (χ0) is 12.7. The lowest BCUT2D eigenvalue weighted by atomic mass is 10.2. The number of carboxylic acid groups (broad SMARTS) is 1. The topological polar surface area (TPSA) is 130 Å². The van der Waals surface area contributed by atoms with Gasteiger partial charge in [-0.2, -0.15) is 0 Å². The van der Waals surface area contributed by atoms with Crippen LogP contribution in [0, 0.1) is 0 Å². The molecule has 3 atom stereocenters. The van der Waals surface area contributed by atoms with Gasteiger partial charge in [0.15, 0.2) is 0 Å². The smallest absolute Gasteiger partial charge is 0.325 e. The van der Waals surface area contributed by atoms with Gasteiger partial charge in [0.25, 0.3) is 0 Å². The quantitative estimate of drug-likeness (QED) is 0.421. The van der Waals surface area contributed by atoms with Crippen molar-refractivity contribution in [3.8, 4) is 0 Å². The number of amides is 1. The van der Waals surface area contributed by atoms with Crippen molar-refractivity contribution in [2.24, 2.45) is 5.73 Å². The second-order valence-electron chi connectivity index (χ2n) is 3.41. The van der Waals surface area contributed by atoms with Gasteiger partial charge >= 0.3 is 5.97 Å².